The number of amides is 1. The van der Waals surface area contributed by atoms with Crippen molar-refractivity contribution in [2.75, 3.05) is 11.9 Å². The minimum absolute atomic E-state index is 0.0409. The van der Waals surface area contributed by atoms with Crippen molar-refractivity contribution in [3.8, 4) is 0 Å². The molecule has 0 fully saturated rings. The van der Waals surface area contributed by atoms with Gasteiger partial charge in [-0.3, -0.25) is 4.79 Å². The zero-order valence-electron chi connectivity index (χ0n) is 13.3. The Kier molecular flexibility index (Phi) is 6.10. The highest BCUT2D eigenvalue weighted by Gasteiger charge is 2.33. The lowest BCUT2D eigenvalue weighted by atomic mass is 9.81. The molecular formula is C15H25N3O3S. The average molecular weight is 327 g/mol. The molecule has 1 aromatic carbocycles. The lowest BCUT2D eigenvalue weighted by molar-refractivity contribution is -0.125. The molecule has 0 aliphatic carbocycles. The van der Waals surface area contributed by atoms with E-state index >= 15 is 0 Å². The highest BCUT2D eigenvalue weighted by Crippen LogP contribution is 2.28. The standard InChI is InChI=1S/C15H25N3O3S/c1-4-11-7-8-12(9-13(11)22(17,20)21)18-14(19)15(5-2,6-3)10-16/h7-9H,4-6,10,16H2,1-3H3,(H,18,19)(H2,17,20,21). The van der Waals surface area contributed by atoms with Crippen molar-refractivity contribution in [2.45, 2.75) is 44.9 Å². The zero-order chi connectivity index (χ0) is 17.0. The number of carbonyl (C=O) groups is 1. The summed E-state index contributed by atoms with van der Waals surface area (Å²) in [6, 6.07) is 4.74. The van der Waals surface area contributed by atoms with E-state index in [0.717, 1.165) is 0 Å². The summed E-state index contributed by atoms with van der Waals surface area (Å²) < 4.78 is 23.3. The molecule has 0 atom stereocenters. The topological polar surface area (TPSA) is 115 Å². The van der Waals surface area contributed by atoms with E-state index in [0.29, 0.717) is 30.5 Å². The highest BCUT2D eigenvalue weighted by atomic mass is 32.2. The molecular weight excluding hydrogens is 302 g/mol. The van der Waals surface area contributed by atoms with E-state index in [2.05, 4.69) is 5.32 Å². The van der Waals surface area contributed by atoms with Crippen molar-refractivity contribution < 1.29 is 13.2 Å². The molecule has 1 amide bonds. The molecule has 0 aliphatic heterocycles. The molecule has 5 N–H and O–H groups in total. The summed E-state index contributed by atoms with van der Waals surface area (Å²) >= 11 is 0. The van der Waals surface area contributed by atoms with Crippen LogP contribution in [0.4, 0.5) is 5.69 Å². The first-order valence-corrected chi connectivity index (χ1v) is 8.96. The average Bonchev–Trinajstić information content (AvgIpc) is 2.48. The van der Waals surface area contributed by atoms with Crippen LogP contribution in [0.25, 0.3) is 0 Å². The first-order chi connectivity index (χ1) is 10.2. The first-order valence-electron chi connectivity index (χ1n) is 7.41. The summed E-state index contributed by atoms with van der Waals surface area (Å²) in [6.07, 6.45) is 1.76. The van der Waals surface area contributed by atoms with Gasteiger partial charge in [-0.1, -0.05) is 26.8 Å². The number of aryl methyl sites for hydroxylation is 1. The van der Waals surface area contributed by atoms with E-state index < -0.39 is 15.4 Å². The van der Waals surface area contributed by atoms with Crippen molar-refractivity contribution in [1.29, 1.82) is 0 Å². The third-order valence-electron chi connectivity index (χ3n) is 4.24. The Morgan fingerprint density at radius 1 is 1.23 bits per heavy atom. The predicted octanol–water partition coefficient (Wildman–Crippen LogP) is 1.60. The first kappa shape index (κ1) is 18.6. The van der Waals surface area contributed by atoms with Gasteiger partial charge >= 0.3 is 0 Å². The SMILES string of the molecule is CCc1ccc(NC(=O)C(CC)(CC)CN)cc1S(N)(=O)=O. The zero-order valence-corrected chi connectivity index (χ0v) is 14.2. The second kappa shape index (κ2) is 7.21. The van der Waals surface area contributed by atoms with E-state index in [1.54, 1.807) is 12.1 Å². The van der Waals surface area contributed by atoms with Crippen molar-refractivity contribution in [2.24, 2.45) is 16.3 Å². The highest BCUT2D eigenvalue weighted by molar-refractivity contribution is 7.89. The third-order valence-corrected chi connectivity index (χ3v) is 5.23. The number of carbonyl (C=O) groups excluding carboxylic acids is 1. The molecule has 0 saturated carbocycles. The summed E-state index contributed by atoms with van der Waals surface area (Å²) in [5.41, 5.74) is 6.13. The van der Waals surface area contributed by atoms with E-state index in [-0.39, 0.29) is 17.3 Å². The van der Waals surface area contributed by atoms with E-state index in [1.807, 2.05) is 20.8 Å². The maximum Gasteiger partial charge on any atom is 0.238 e. The van der Waals surface area contributed by atoms with Gasteiger partial charge in [0.15, 0.2) is 0 Å². The second-order valence-corrected chi connectivity index (χ2v) is 6.90. The molecule has 0 spiro atoms. The summed E-state index contributed by atoms with van der Waals surface area (Å²) in [5, 5.41) is 8.00. The number of sulfonamides is 1. The molecule has 1 rings (SSSR count). The fourth-order valence-corrected chi connectivity index (χ4v) is 3.27. The number of nitrogens with two attached hydrogens (primary N) is 2. The number of anilines is 1. The fraction of sp³-hybridized carbons (Fsp3) is 0.533. The Morgan fingerprint density at radius 3 is 2.23 bits per heavy atom. The quantitative estimate of drug-likeness (QED) is 0.705. The maximum atomic E-state index is 12.5. The molecule has 0 unspecified atom stereocenters. The van der Waals surface area contributed by atoms with Crippen LogP contribution in [-0.2, 0) is 21.2 Å². The molecule has 124 valence electrons. The number of hydrogen-bond donors (Lipinski definition) is 3. The van der Waals surface area contributed by atoms with Gasteiger partial charge in [0.25, 0.3) is 0 Å². The van der Waals surface area contributed by atoms with Gasteiger partial charge in [-0.2, -0.15) is 0 Å². The molecule has 0 bridgehead atoms. The van der Waals surface area contributed by atoms with Crippen LogP contribution in [0.3, 0.4) is 0 Å². The van der Waals surface area contributed by atoms with Crippen molar-refractivity contribution in [3.63, 3.8) is 0 Å². The molecule has 0 aliphatic rings. The van der Waals surface area contributed by atoms with Crippen LogP contribution < -0.4 is 16.2 Å². The van der Waals surface area contributed by atoms with Crippen molar-refractivity contribution in [3.05, 3.63) is 23.8 Å². The van der Waals surface area contributed by atoms with Gasteiger partial charge in [0, 0.05) is 12.2 Å². The number of benzene rings is 1. The van der Waals surface area contributed by atoms with E-state index in [9.17, 15) is 13.2 Å². The van der Waals surface area contributed by atoms with Gasteiger partial charge in [0.1, 0.15) is 0 Å². The Balaban J connectivity index is 3.17. The van der Waals surface area contributed by atoms with Gasteiger partial charge in [0.05, 0.1) is 10.3 Å². The van der Waals surface area contributed by atoms with Crippen LogP contribution in [0.1, 0.15) is 39.2 Å². The van der Waals surface area contributed by atoms with E-state index in [1.165, 1.54) is 6.07 Å². The molecule has 1 aromatic rings. The van der Waals surface area contributed by atoms with Crippen LogP contribution in [0.15, 0.2) is 23.1 Å². The Hall–Kier alpha value is -1.44. The van der Waals surface area contributed by atoms with Gasteiger partial charge in [-0.25, -0.2) is 13.6 Å². The summed E-state index contributed by atoms with van der Waals surface area (Å²) in [5.74, 6) is -0.204. The largest absolute Gasteiger partial charge is 0.329 e. The predicted molar refractivity (Wildman–Crippen MR) is 87.9 cm³/mol. The molecule has 7 heteroatoms. The lowest BCUT2D eigenvalue weighted by Gasteiger charge is -2.28. The molecule has 0 saturated heterocycles. The van der Waals surface area contributed by atoms with Gasteiger partial charge < -0.3 is 11.1 Å². The van der Waals surface area contributed by atoms with Gasteiger partial charge in [-0.15, -0.1) is 0 Å². The smallest absolute Gasteiger partial charge is 0.238 e. The second-order valence-electron chi connectivity index (χ2n) is 5.37. The minimum atomic E-state index is -3.83. The summed E-state index contributed by atoms with van der Waals surface area (Å²) in [6.45, 7) is 5.90. The third kappa shape index (κ3) is 3.85. The molecule has 22 heavy (non-hydrogen) atoms. The monoisotopic (exact) mass is 327 g/mol. The number of primary sulfonamides is 1. The minimum Gasteiger partial charge on any atom is -0.329 e. The summed E-state index contributed by atoms with van der Waals surface area (Å²) in [7, 11) is -3.83. The number of rotatable bonds is 7. The number of nitrogens with one attached hydrogen (secondary N) is 1. The molecule has 0 heterocycles. The number of hydrogen-bond acceptors (Lipinski definition) is 4. The maximum absolute atomic E-state index is 12.5. The van der Waals surface area contributed by atoms with Crippen molar-refractivity contribution in [1.82, 2.24) is 0 Å². The Bertz CT molecular complexity index is 629. The van der Waals surface area contributed by atoms with Crippen molar-refractivity contribution >= 4 is 21.6 Å². The lowest BCUT2D eigenvalue weighted by Crippen LogP contribution is -2.41. The van der Waals surface area contributed by atoms with Crippen LogP contribution in [0, 0.1) is 5.41 Å². The molecule has 0 radical (unpaired) electrons. The van der Waals surface area contributed by atoms with Gasteiger partial charge in [0.2, 0.25) is 15.9 Å². The van der Waals surface area contributed by atoms with E-state index in [4.69, 9.17) is 10.9 Å². The molecule has 0 aromatic heterocycles. The van der Waals surface area contributed by atoms with Crippen LogP contribution in [-0.4, -0.2) is 20.9 Å². The van der Waals surface area contributed by atoms with Crippen LogP contribution >= 0.6 is 0 Å². The molecule has 6 nitrogen and oxygen atoms in total. The van der Waals surface area contributed by atoms with Gasteiger partial charge in [-0.05, 0) is 37.0 Å². The Morgan fingerprint density at radius 2 is 1.82 bits per heavy atom. The van der Waals surface area contributed by atoms with Crippen LogP contribution in [0.5, 0.6) is 0 Å². The normalized spacial score (nSPS) is 12.2. The fourth-order valence-electron chi connectivity index (χ4n) is 2.41. The summed E-state index contributed by atoms with van der Waals surface area (Å²) in [4.78, 5) is 12.5. The Labute approximate surface area is 132 Å². The van der Waals surface area contributed by atoms with Crippen LogP contribution in [0.2, 0.25) is 0 Å².